The first-order valence-corrected chi connectivity index (χ1v) is 11.1. The summed E-state index contributed by atoms with van der Waals surface area (Å²) in [6.07, 6.45) is 1.11. The summed E-state index contributed by atoms with van der Waals surface area (Å²) in [4.78, 5) is 4.80. The van der Waals surface area contributed by atoms with E-state index in [9.17, 15) is 13.2 Å². The first kappa shape index (κ1) is 22.9. The molecular formula is C25H24F3NOS. The van der Waals surface area contributed by atoms with Gasteiger partial charge in [0.15, 0.2) is 0 Å². The second-order valence-corrected chi connectivity index (χ2v) is 8.01. The third-order valence-electron chi connectivity index (χ3n) is 4.54. The Hall–Kier alpha value is -2.73. The monoisotopic (exact) mass is 443 g/mol. The molecule has 0 radical (unpaired) electrons. The number of alkyl halides is 3. The highest BCUT2D eigenvalue weighted by molar-refractivity contribution is 8.00. The number of ether oxygens (including phenoxy) is 1. The van der Waals surface area contributed by atoms with Gasteiger partial charge in [-0.3, -0.25) is 4.99 Å². The Bertz CT molecular complexity index is 890. The zero-order chi connectivity index (χ0) is 21.9. The highest BCUT2D eigenvalue weighted by Gasteiger charge is 2.29. The van der Waals surface area contributed by atoms with Crippen molar-refractivity contribution in [1.29, 1.82) is 0 Å². The molecule has 0 aliphatic carbocycles. The molecule has 162 valence electrons. The second kappa shape index (κ2) is 11.6. The predicted octanol–water partition coefficient (Wildman–Crippen LogP) is 7.00. The van der Waals surface area contributed by atoms with E-state index in [1.165, 1.54) is 0 Å². The molecule has 1 unspecified atom stereocenters. The number of hydrogen-bond donors (Lipinski definition) is 0. The molecule has 3 aromatic rings. The first-order valence-electron chi connectivity index (χ1n) is 10.1. The van der Waals surface area contributed by atoms with Crippen molar-refractivity contribution >= 4 is 17.5 Å². The Labute approximate surface area is 185 Å². The van der Waals surface area contributed by atoms with Gasteiger partial charge >= 0.3 is 5.51 Å². The molecule has 31 heavy (non-hydrogen) atoms. The molecule has 0 fully saturated rings. The van der Waals surface area contributed by atoms with Crippen molar-refractivity contribution in [2.24, 2.45) is 4.99 Å². The van der Waals surface area contributed by atoms with E-state index in [0.717, 1.165) is 16.9 Å². The summed E-state index contributed by atoms with van der Waals surface area (Å²) in [5.74, 6) is 0.624. The number of thioether (sulfide) groups is 1. The van der Waals surface area contributed by atoms with Crippen LogP contribution in [-0.4, -0.2) is 29.6 Å². The fourth-order valence-corrected chi connectivity index (χ4v) is 3.71. The van der Waals surface area contributed by atoms with E-state index in [-0.39, 0.29) is 17.5 Å². The average molecular weight is 444 g/mol. The maximum atomic E-state index is 12.9. The zero-order valence-electron chi connectivity index (χ0n) is 17.0. The minimum absolute atomic E-state index is 0.0194. The predicted molar refractivity (Wildman–Crippen MR) is 122 cm³/mol. The molecule has 2 nitrogen and oxygen atoms in total. The summed E-state index contributed by atoms with van der Waals surface area (Å²) < 4.78 is 44.4. The standard InChI is InChI=1S/C25H24F3NOS/c26-25(27,28)31-19-22(15-10-18-30-23-16-8-3-9-17-23)29-24(20-11-4-1-5-12-20)21-13-6-2-7-14-21/h1-9,11-14,16-17,22H,10,15,18-19H2. The number of aliphatic imine (C=N–C) groups is 1. The molecule has 6 heteroatoms. The molecule has 0 aliphatic heterocycles. The Morgan fingerprint density at radius 3 is 1.84 bits per heavy atom. The van der Waals surface area contributed by atoms with E-state index in [0.29, 0.717) is 25.2 Å². The Kier molecular flexibility index (Phi) is 8.59. The molecule has 0 amide bonds. The van der Waals surface area contributed by atoms with Gasteiger partial charge in [-0.15, -0.1) is 0 Å². The van der Waals surface area contributed by atoms with Crippen LogP contribution in [0.4, 0.5) is 13.2 Å². The van der Waals surface area contributed by atoms with Gasteiger partial charge in [0.25, 0.3) is 0 Å². The van der Waals surface area contributed by atoms with Crippen molar-refractivity contribution < 1.29 is 17.9 Å². The maximum Gasteiger partial charge on any atom is 0.441 e. The van der Waals surface area contributed by atoms with Crippen LogP contribution in [0.3, 0.4) is 0 Å². The lowest BCUT2D eigenvalue weighted by Crippen LogP contribution is -2.17. The molecule has 0 heterocycles. The molecule has 3 rings (SSSR count). The number of hydrogen-bond acceptors (Lipinski definition) is 3. The maximum absolute atomic E-state index is 12.9. The molecule has 0 saturated heterocycles. The molecule has 0 saturated carbocycles. The number of rotatable bonds is 10. The van der Waals surface area contributed by atoms with Crippen molar-refractivity contribution in [2.45, 2.75) is 24.4 Å². The second-order valence-electron chi connectivity index (χ2n) is 6.92. The minimum atomic E-state index is -4.28. The number of halogens is 3. The van der Waals surface area contributed by atoms with Crippen molar-refractivity contribution in [1.82, 2.24) is 0 Å². The first-order chi connectivity index (χ1) is 15.0. The summed E-state index contributed by atoms with van der Waals surface area (Å²) in [6.45, 7) is 0.429. The van der Waals surface area contributed by atoms with Crippen LogP contribution < -0.4 is 4.74 Å². The number of benzene rings is 3. The van der Waals surface area contributed by atoms with Gasteiger partial charge < -0.3 is 4.74 Å². The number of nitrogens with zero attached hydrogens (tertiary/aromatic N) is 1. The van der Waals surface area contributed by atoms with Crippen LogP contribution in [0.25, 0.3) is 0 Å². The van der Waals surface area contributed by atoms with Gasteiger partial charge in [-0.05, 0) is 36.7 Å². The summed E-state index contributed by atoms with van der Waals surface area (Å²) in [7, 11) is 0. The zero-order valence-corrected chi connectivity index (χ0v) is 17.8. The average Bonchev–Trinajstić information content (AvgIpc) is 2.79. The highest BCUT2D eigenvalue weighted by Crippen LogP contribution is 2.32. The van der Waals surface area contributed by atoms with Crippen molar-refractivity contribution in [2.75, 3.05) is 12.4 Å². The molecule has 0 spiro atoms. The summed E-state index contributed by atoms with van der Waals surface area (Å²) in [5, 5.41) is 0. The van der Waals surface area contributed by atoms with Crippen LogP contribution in [-0.2, 0) is 0 Å². The Morgan fingerprint density at radius 1 is 0.806 bits per heavy atom. The third-order valence-corrected chi connectivity index (χ3v) is 5.42. The van der Waals surface area contributed by atoms with Crippen LogP contribution in [0, 0.1) is 0 Å². The van der Waals surface area contributed by atoms with Crippen LogP contribution >= 0.6 is 11.8 Å². The molecule has 0 bridgehead atoms. The molecular weight excluding hydrogens is 419 g/mol. The van der Waals surface area contributed by atoms with E-state index in [1.54, 1.807) is 0 Å². The highest BCUT2D eigenvalue weighted by atomic mass is 32.2. The van der Waals surface area contributed by atoms with Crippen LogP contribution in [0.5, 0.6) is 5.75 Å². The van der Waals surface area contributed by atoms with E-state index in [1.807, 2.05) is 91.0 Å². The summed E-state index contributed by atoms with van der Waals surface area (Å²) in [5.41, 5.74) is -1.81. The molecule has 3 aromatic carbocycles. The van der Waals surface area contributed by atoms with E-state index < -0.39 is 11.6 Å². The van der Waals surface area contributed by atoms with E-state index in [4.69, 9.17) is 9.73 Å². The van der Waals surface area contributed by atoms with Gasteiger partial charge in [0.1, 0.15) is 5.75 Å². The summed E-state index contributed by atoms with van der Waals surface area (Å²) in [6, 6.07) is 28.0. The van der Waals surface area contributed by atoms with Crippen LogP contribution in [0.2, 0.25) is 0 Å². The van der Waals surface area contributed by atoms with Crippen molar-refractivity contribution in [3.63, 3.8) is 0 Å². The summed E-state index contributed by atoms with van der Waals surface area (Å²) >= 11 is -0.0194. The van der Waals surface area contributed by atoms with Gasteiger partial charge in [0.05, 0.1) is 18.4 Å². The fourth-order valence-electron chi connectivity index (χ4n) is 3.09. The van der Waals surface area contributed by atoms with E-state index in [2.05, 4.69) is 0 Å². The Morgan fingerprint density at radius 2 is 1.32 bits per heavy atom. The largest absolute Gasteiger partial charge is 0.494 e. The minimum Gasteiger partial charge on any atom is -0.494 e. The van der Waals surface area contributed by atoms with Crippen LogP contribution in [0.15, 0.2) is 96.0 Å². The molecule has 0 aliphatic rings. The number of para-hydroxylation sites is 1. The van der Waals surface area contributed by atoms with Gasteiger partial charge in [-0.1, -0.05) is 78.9 Å². The Balaban J connectivity index is 1.77. The lowest BCUT2D eigenvalue weighted by molar-refractivity contribution is -0.0328. The molecule has 0 aromatic heterocycles. The molecule has 0 N–H and O–H groups in total. The van der Waals surface area contributed by atoms with Gasteiger partial charge in [-0.25, -0.2) is 0 Å². The normalized spacial score (nSPS) is 12.2. The SMILES string of the molecule is FC(F)(F)SCC(CCCOc1ccccc1)N=C(c1ccccc1)c1ccccc1. The smallest absolute Gasteiger partial charge is 0.441 e. The van der Waals surface area contributed by atoms with Gasteiger partial charge in [0, 0.05) is 16.9 Å². The van der Waals surface area contributed by atoms with E-state index >= 15 is 0 Å². The fraction of sp³-hybridized carbons (Fsp3) is 0.240. The lowest BCUT2D eigenvalue weighted by atomic mass is 10.0. The van der Waals surface area contributed by atoms with Gasteiger partial charge in [0.2, 0.25) is 0 Å². The van der Waals surface area contributed by atoms with Crippen molar-refractivity contribution in [3.05, 3.63) is 102 Å². The lowest BCUT2D eigenvalue weighted by Gasteiger charge is -2.17. The third kappa shape index (κ3) is 8.13. The van der Waals surface area contributed by atoms with Gasteiger partial charge in [-0.2, -0.15) is 13.2 Å². The topological polar surface area (TPSA) is 21.6 Å². The molecule has 1 atom stereocenters. The quantitative estimate of drug-likeness (QED) is 0.248. The van der Waals surface area contributed by atoms with Crippen molar-refractivity contribution in [3.8, 4) is 5.75 Å². The van der Waals surface area contributed by atoms with Crippen LogP contribution in [0.1, 0.15) is 24.0 Å².